The van der Waals surface area contributed by atoms with E-state index in [2.05, 4.69) is 10.3 Å². The van der Waals surface area contributed by atoms with Gasteiger partial charge in [0.2, 0.25) is 0 Å². The van der Waals surface area contributed by atoms with E-state index < -0.39 is 22.9 Å². The molecule has 8 nitrogen and oxygen atoms in total. The van der Waals surface area contributed by atoms with Crippen LogP contribution in [0.5, 0.6) is 0 Å². The van der Waals surface area contributed by atoms with E-state index in [4.69, 9.17) is 16.3 Å². The van der Waals surface area contributed by atoms with Gasteiger partial charge in [0.25, 0.3) is 11.6 Å². The topological polar surface area (TPSA) is 111 Å². The number of esters is 1. The van der Waals surface area contributed by atoms with E-state index in [0.29, 0.717) is 12.8 Å². The molecule has 0 aliphatic carbocycles. The Labute approximate surface area is 181 Å². The van der Waals surface area contributed by atoms with Crippen molar-refractivity contribution in [2.24, 2.45) is 0 Å². The Morgan fingerprint density at radius 2 is 2.07 bits per heavy atom. The largest absolute Gasteiger partial charge is 0.453 e. The molecule has 0 aliphatic rings. The zero-order valence-electron chi connectivity index (χ0n) is 16.0. The molecule has 156 valence electrons. The van der Waals surface area contributed by atoms with Gasteiger partial charge in [0.05, 0.1) is 30.9 Å². The lowest BCUT2D eigenvalue weighted by Gasteiger charge is -2.14. The summed E-state index contributed by atoms with van der Waals surface area (Å²) < 4.78 is 6.25. The number of anilines is 1. The van der Waals surface area contributed by atoms with Crippen molar-refractivity contribution in [3.8, 4) is 0 Å². The average Bonchev–Trinajstić information content (AvgIpc) is 3.12. The molecule has 0 aliphatic heterocycles. The molecular weight excluding hydrogens is 430 g/mol. The zero-order valence-corrected chi connectivity index (χ0v) is 17.5. The van der Waals surface area contributed by atoms with Crippen molar-refractivity contribution in [1.29, 1.82) is 0 Å². The summed E-state index contributed by atoms with van der Waals surface area (Å²) in [5, 5.41) is 14.4. The number of rotatable bonds is 8. The predicted molar refractivity (Wildman–Crippen MR) is 115 cm³/mol. The molecule has 0 saturated heterocycles. The van der Waals surface area contributed by atoms with Crippen LogP contribution >= 0.6 is 22.9 Å². The van der Waals surface area contributed by atoms with Gasteiger partial charge in [-0.1, -0.05) is 23.7 Å². The van der Waals surface area contributed by atoms with Crippen LogP contribution in [0.3, 0.4) is 0 Å². The van der Waals surface area contributed by atoms with E-state index in [1.54, 1.807) is 11.3 Å². The lowest BCUT2D eigenvalue weighted by Crippen LogP contribution is -2.30. The summed E-state index contributed by atoms with van der Waals surface area (Å²) in [5.74, 6) is -1.14. The maximum atomic E-state index is 12.3. The first kappa shape index (κ1) is 21.7. The van der Waals surface area contributed by atoms with Crippen LogP contribution in [-0.2, 0) is 20.7 Å². The average molecular weight is 448 g/mol. The van der Waals surface area contributed by atoms with Crippen LogP contribution in [0, 0.1) is 10.1 Å². The van der Waals surface area contributed by atoms with E-state index >= 15 is 0 Å². The number of carbonyl (C=O) groups is 2. The summed E-state index contributed by atoms with van der Waals surface area (Å²) in [7, 11) is 0. The van der Waals surface area contributed by atoms with Crippen LogP contribution < -0.4 is 5.32 Å². The van der Waals surface area contributed by atoms with Gasteiger partial charge in [0.1, 0.15) is 0 Å². The third-order valence-electron chi connectivity index (χ3n) is 4.21. The molecule has 1 N–H and O–H groups in total. The molecule has 2 aromatic carbocycles. The fourth-order valence-electron chi connectivity index (χ4n) is 2.68. The number of ether oxygens (including phenoxy) is 1. The number of non-ortho nitro benzene ring substituents is 1. The highest BCUT2D eigenvalue weighted by atomic mass is 35.5. The highest BCUT2D eigenvalue weighted by Gasteiger charge is 2.20. The number of para-hydroxylation sites is 1. The molecule has 0 bridgehead atoms. The van der Waals surface area contributed by atoms with Crippen LogP contribution in [0.25, 0.3) is 10.2 Å². The van der Waals surface area contributed by atoms with Crippen molar-refractivity contribution < 1.29 is 19.2 Å². The summed E-state index contributed by atoms with van der Waals surface area (Å²) in [6.45, 7) is 1.42. The van der Waals surface area contributed by atoms with Crippen LogP contribution in [0.15, 0.2) is 42.5 Å². The van der Waals surface area contributed by atoms with Crippen LogP contribution in [0.4, 0.5) is 11.4 Å². The van der Waals surface area contributed by atoms with Gasteiger partial charge < -0.3 is 10.1 Å². The molecule has 1 amide bonds. The molecular formula is C20H18ClN3O5S. The molecule has 1 atom stereocenters. The Kier molecular flexibility index (Phi) is 6.96. The van der Waals surface area contributed by atoms with Crippen molar-refractivity contribution in [1.82, 2.24) is 4.98 Å². The molecule has 1 heterocycles. The number of nitro groups is 1. The first-order chi connectivity index (χ1) is 14.3. The number of amides is 1. The predicted octanol–water partition coefficient (Wildman–Crippen LogP) is 4.75. The highest BCUT2D eigenvalue weighted by molar-refractivity contribution is 7.18. The maximum absolute atomic E-state index is 12.3. The van der Waals surface area contributed by atoms with E-state index in [-0.39, 0.29) is 22.8 Å². The number of benzene rings is 2. The summed E-state index contributed by atoms with van der Waals surface area (Å²) in [4.78, 5) is 39.1. The Morgan fingerprint density at radius 3 is 2.80 bits per heavy atom. The lowest BCUT2D eigenvalue weighted by atomic mass is 10.2. The van der Waals surface area contributed by atoms with Gasteiger partial charge in [-0.15, -0.1) is 11.3 Å². The Bertz CT molecular complexity index is 1070. The number of carbonyl (C=O) groups excluding carboxylic acids is 2. The van der Waals surface area contributed by atoms with Gasteiger partial charge in [-0.25, -0.2) is 4.98 Å². The Morgan fingerprint density at radius 1 is 1.30 bits per heavy atom. The van der Waals surface area contributed by atoms with Gasteiger partial charge in [0.15, 0.2) is 6.10 Å². The quantitative estimate of drug-likeness (QED) is 0.303. The Hall–Kier alpha value is -3.04. The lowest BCUT2D eigenvalue weighted by molar-refractivity contribution is -0.384. The first-order valence-electron chi connectivity index (χ1n) is 9.12. The summed E-state index contributed by atoms with van der Waals surface area (Å²) in [6, 6.07) is 11.5. The normalized spacial score (nSPS) is 11.8. The van der Waals surface area contributed by atoms with Crippen molar-refractivity contribution in [3.05, 3.63) is 62.6 Å². The van der Waals surface area contributed by atoms with Crippen LogP contribution in [0.1, 0.15) is 24.8 Å². The minimum Gasteiger partial charge on any atom is -0.453 e. The number of aryl methyl sites for hydroxylation is 1. The molecule has 30 heavy (non-hydrogen) atoms. The number of nitrogens with zero attached hydrogens (tertiary/aromatic N) is 2. The number of hydrogen-bond acceptors (Lipinski definition) is 7. The second kappa shape index (κ2) is 9.64. The van der Waals surface area contributed by atoms with E-state index in [9.17, 15) is 19.7 Å². The standard InChI is InChI=1S/C20H18ClN3O5S/c1-12(20(26)23-16-11-13(24(27)28)9-10-14(16)21)29-19(25)8-4-7-18-22-15-5-2-3-6-17(15)30-18/h2-3,5-6,9-12H,4,7-8H2,1H3,(H,23,26). The minimum atomic E-state index is -1.07. The Balaban J connectivity index is 1.48. The molecule has 0 radical (unpaired) electrons. The number of hydrogen-bond donors (Lipinski definition) is 1. The molecule has 0 fully saturated rings. The third kappa shape index (κ3) is 5.52. The summed E-state index contributed by atoms with van der Waals surface area (Å²) in [6.07, 6.45) is 0.253. The van der Waals surface area contributed by atoms with Crippen molar-refractivity contribution in [2.45, 2.75) is 32.3 Å². The molecule has 0 spiro atoms. The number of thiazole rings is 1. The second-order valence-corrected chi connectivity index (χ2v) is 7.99. The SMILES string of the molecule is CC(OC(=O)CCCc1nc2ccccc2s1)C(=O)Nc1cc([N+](=O)[O-])ccc1Cl. The third-order valence-corrected chi connectivity index (χ3v) is 5.63. The number of fused-ring (bicyclic) bond motifs is 1. The van der Waals surface area contributed by atoms with Gasteiger partial charge >= 0.3 is 5.97 Å². The maximum Gasteiger partial charge on any atom is 0.306 e. The minimum absolute atomic E-state index is 0.0783. The zero-order chi connectivity index (χ0) is 21.7. The monoisotopic (exact) mass is 447 g/mol. The number of aromatic nitrogens is 1. The number of nitro benzene ring substituents is 1. The van der Waals surface area contributed by atoms with Gasteiger partial charge in [-0.3, -0.25) is 19.7 Å². The smallest absolute Gasteiger partial charge is 0.306 e. The summed E-state index contributed by atoms with van der Waals surface area (Å²) >= 11 is 7.55. The molecule has 10 heteroatoms. The van der Waals surface area contributed by atoms with Crippen molar-refractivity contribution in [3.63, 3.8) is 0 Å². The van der Waals surface area contributed by atoms with Gasteiger partial charge in [-0.2, -0.15) is 0 Å². The van der Waals surface area contributed by atoms with E-state index in [0.717, 1.165) is 21.3 Å². The fraction of sp³-hybridized carbons (Fsp3) is 0.250. The van der Waals surface area contributed by atoms with Crippen molar-refractivity contribution in [2.75, 3.05) is 5.32 Å². The fourth-order valence-corrected chi connectivity index (χ4v) is 3.85. The molecule has 1 unspecified atom stereocenters. The molecule has 1 aromatic heterocycles. The van der Waals surface area contributed by atoms with E-state index in [1.807, 2.05) is 24.3 Å². The first-order valence-corrected chi connectivity index (χ1v) is 10.3. The summed E-state index contributed by atoms with van der Waals surface area (Å²) in [5.41, 5.74) is 0.800. The highest BCUT2D eigenvalue weighted by Crippen LogP contribution is 2.27. The van der Waals surface area contributed by atoms with E-state index in [1.165, 1.54) is 19.1 Å². The number of halogens is 1. The second-order valence-electron chi connectivity index (χ2n) is 6.47. The molecule has 3 rings (SSSR count). The molecule has 3 aromatic rings. The number of nitrogens with one attached hydrogen (secondary N) is 1. The molecule has 0 saturated carbocycles. The van der Waals surface area contributed by atoms with Crippen LogP contribution in [0.2, 0.25) is 5.02 Å². The van der Waals surface area contributed by atoms with Gasteiger partial charge in [-0.05, 0) is 38.0 Å². The van der Waals surface area contributed by atoms with Crippen molar-refractivity contribution >= 4 is 56.4 Å². The van der Waals surface area contributed by atoms with Gasteiger partial charge in [0, 0.05) is 18.6 Å². The van der Waals surface area contributed by atoms with Crippen LogP contribution in [-0.4, -0.2) is 27.9 Å².